The SMILES string of the molecule is FC(F)C(F)(F)C(F)(F)c1cccc(Cl)c1. The van der Waals surface area contributed by atoms with Gasteiger partial charge >= 0.3 is 18.3 Å². The van der Waals surface area contributed by atoms with E-state index in [1.165, 1.54) is 6.07 Å². The van der Waals surface area contributed by atoms with Crippen molar-refractivity contribution in [1.82, 2.24) is 0 Å². The zero-order valence-electron chi connectivity index (χ0n) is 7.53. The van der Waals surface area contributed by atoms with Gasteiger partial charge in [-0.3, -0.25) is 0 Å². The quantitative estimate of drug-likeness (QED) is 0.711. The van der Waals surface area contributed by atoms with Crippen LogP contribution in [0.1, 0.15) is 5.56 Å². The fourth-order valence-corrected chi connectivity index (χ4v) is 1.20. The number of halogens is 7. The molecule has 0 amide bonds. The van der Waals surface area contributed by atoms with Gasteiger partial charge < -0.3 is 0 Å². The summed E-state index contributed by atoms with van der Waals surface area (Å²) in [6.45, 7) is 0. The molecule has 90 valence electrons. The van der Waals surface area contributed by atoms with Crippen LogP contribution in [0.3, 0.4) is 0 Å². The molecule has 0 aromatic heterocycles. The van der Waals surface area contributed by atoms with E-state index in [0.717, 1.165) is 6.07 Å². The van der Waals surface area contributed by atoms with Crippen molar-refractivity contribution in [2.45, 2.75) is 18.3 Å². The maximum absolute atomic E-state index is 13.1. The Bertz CT molecular complexity index is 376. The van der Waals surface area contributed by atoms with Crippen molar-refractivity contribution in [3.8, 4) is 0 Å². The van der Waals surface area contributed by atoms with Crippen LogP contribution >= 0.6 is 11.6 Å². The third kappa shape index (κ3) is 2.11. The lowest BCUT2D eigenvalue weighted by Gasteiger charge is -2.26. The Morgan fingerprint density at radius 2 is 1.62 bits per heavy atom. The van der Waals surface area contributed by atoms with Gasteiger partial charge in [-0.1, -0.05) is 23.7 Å². The highest BCUT2D eigenvalue weighted by Crippen LogP contribution is 2.46. The molecule has 0 spiro atoms. The van der Waals surface area contributed by atoms with E-state index in [9.17, 15) is 26.3 Å². The highest BCUT2D eigenvalue weighted by atomic mass is 35.5. The zero-order chi connectivity index (χ0) is 12.6. The van der Waals surface area contributed by atoms with E-state index in [0.29, 0.717) is 12.1 Å². The normalized spacial score (nSPS) is 13.2. The van der Waals surface area contributed by atoms with Gasteiger partial charge in [-0.25, -0.2) is 8.78 Å². The van der Waals surface area contributed by atoms with Crippen molar-refractivity contribution in [2.24, 2.45) is 0 Å². The standard InChI is InChI=1S/C9H5ClF6/c10-6-3-1-2-5(4-6)8(13,14)9(15,16)7(11)12/h1-4,7H. The third-order valence-electron chi connectivity index (χ3n) is 1.88. The van der Waals surface area contributed by atoms with Gasteiger partial charge in [0.05, 0.1) is 0 Å². The van der Waals surface area contributed by atoms with Gasteiger partial charge in [-0.05, 0) is 12.1 Å². The number of alkyl halides is 6. The molecule has 0 nitrogen and oxygen atoms in total. The summed E-state index contributed by atoms with van der Waals surface area (Å²) in [5.74, 6) is -10.4. The van der Waals surface area contributed by atoms with E-state index < -0.39 is 23.8 Å². The molecule has 0 aliphatic heterocycles. The highest BCUT2D eigenvalue weighted by molar-refractivity contribution is 6.30. The predicted octanol–water partition coefficient (Wildman–Crippen LogP) is 4.33. The molecule has 0 aliphatic rings. The molecule has 0 radical (unpaired) electrons. The van der Waals surface area contributed by atoms with Crippen LogP contribution in [0.15, 0.2) is 24.3 Å². The van der Waals surface area contributed by atoms with Gasteiger partial charge in [0.25, 0.3) is 0 Å². The minimum atomic E-state index is -5.43. The minimum Gasteiger partial charge on any atom is -0.203 e. The van der Waals surface area contributed by atoms with Crippen LogP contribution < -0.4 is 0 Å². The number of hydrogen-bond acceptors (Lipinski definition) is 0. The summed E-state index contributed by atoms with van der Waals surface area (Å²) in [5, 5.41) is -0.234. The van der Waals surface area contributed by atoms with Crippen molar-refractivity contribution >= 4 is 11.6 Å². The third-order valence-corrected chi connectivity index (χ3v) is 2.11. The molecule has 0 saturated heterocycles. The van der Waals surface area contributed by atoms with Gasteiger partial charge in [0.2, 0.25) is 0 Å². The highest BCUT2D eigenvalue weighted by Gasteiger charge is 2.63. The molecular weight excluding hydrogens is 258 g/mol. The smallest absolute Gasteiger partial charge is 0.203 e. The van der Waals surface area contributed by atoms with E-state index in [1.54, 1.807) is 0 Å². The fraction of sp³-hybridized carbons (Fsp3) is 0.333. The lowest BCUT2D eigenvalue weighted by atomic mass is 10.0. The predicted molar refractivity (Wildman–Crippen MR) is 46.3 cm³/mol. The van der Waals surface area contributed by atoms with E-state index >= 15 is 0 Å². The van der Waals surface area contributed by atoms with E-state index in [2.05, 4.69) is 0 Å². The summed E-state index contributed by atoms with van der Waals surface area (Å²) in [5.41, 5.74) is -1.25. The second kappa shape index (κ2) is 4.16. The Hall–Kier alpha value is -0.910. The molecular formula is C9H5ClF6. The molecule has 0 saturated carbocycles. The number of benzene rings is 1. The minimum absolute atomic E-state index is 0.234. The topological polar surface area (TPSA) is 0 Å². The second-order valence-electron chi connectivity index (χ2n) is 3.01. The molecule has 7 heteroatoms. The van der Waals surface area contributed by atoms with Crippen molar-refractivity contribution in [2.75, 3.05) is 0 Å². The fourth-order valence-electron chi connectivity index (χ4n) is 1.01. The van der Waals surface area contributed by atoms with Gasteiger partial charge in [0, 0.05) is 10.6 Å². The van der Waals surface area contributed by atoms with Crippen molar-refractivity contribution in [3.63, 3.8) is 0 Å². The first-order valence-electron chi connectivity index (χ1n) is 3.99. The molecule has 1 rings (SSSR count). The Morgan fingerprint density at radius 1 is 1.06 bits per heavy atom. The molecule has 0 N–H and O–H groups in total. The van der Waals surface area contributed by atoms with Crippen molar-refractivity contribution < 1.29 is 26.3 Å². The molecule has 1 aromatic rings. The summed E-state index contributed by atoms with van der Waals surface area (Å²) in [6.07, 6.45) is -4.46. The van der Waals surface area contributed by atoms with Crippen LogP contribution in [0.5, 0.6) is 0 Å². The van der Waals surface area contributed by atoms with Crippen LogP contribution in [0.2, 0.25) is 5.02 Å². The number of rotatable bonds is 3. The van der Waals surface area contributed by atoms with E-state index in [-0.39, 0.29) is 5.02 Å². The summed E-state index contributed by atoms with van der Waals surface area (Å²) < 4.78 is 75.0. The van der Waals surface area contributed by atoms with Gasteiger partial charge in [-0.2, -0.15) is 17.6 Å². The second-order valence-corrected chi connectivity index (χ2v) is 3.44. The first-order chi connectivity index (χ1) is 7.19. The van der Waals surface area contributed by atoms with Gasteiger partial charge in [-0.15, -0.1) is 0 Å². The first-order valence-corrected chi connectivity index (χ1v) is 4.37. The maximum atomic E-state index is 13.1. The lowest BCUT2D eigenvalue weighted by Crippen LogP contribution is -2.44. The van der Waals surface area contributed by atoms with E-state index in [1.807, 2.05) is 0 Å². The average Bonchev–Trinajstić information content (AvgIpc) is 2.17. The number of hydrogen-bond donors (Lipinski definition) is 0. The van der Waals surface area contributed by atoms with Crippen LogP contribution in [0.25, 0.3) is 0 Å². The van der Waals surface area contributed by atoms with Crippen LogP contribution in [-0.2, 0) is 5.92 Å². The molecule has 0 unspecified atom stereocenters. The summed E-state index contributed by atoms with van der Waals surface area (Å²) in [4.78, 5) is 0. The molecule has 0 heterocycles. The molecule has 0 fully saturated rings. The Morgan fingerprint density at radius 3 is 2.06 bits per heavy atom. The summed E-state index contributed by atoms with van der Waals surface area (Å²) in [7, 11) is 0. The van der Waals surface area contributed by atoms with Crippen molar-refractivity contribution in [1.29, 1.82) is 0 Å². The van der Waals surface area contributed by atoms with Crippen LogP contribution in [-0.4, -0.2) is 12.3 Å². The monoisotopic (exact) mass is 262 g/mol. The summed E-state index contributed by atoms with van der Waals surface area (Å²) >= 11 is 5.31. The van der Waals surface area contributed by atoms with Crippen LogP contribution in [0.4, 0.5) is 26.3 Å². The maximum Gasteiger partial charge on any atom is 0.373 e. The van der Waals surface area contributed by atoms with Crippen LogP contribution in [0, 0.1) is 0 Å². The molecule has 1 aromatic carbocycles. The zero-order valence-corrected chi connectivity index (χ0v) is 8.29. The molecule has 0 atom stereocenters. The van der Waals surface area contributed by atoms with Gasteiger partial charge in [0.15, 0.2) is 0 Å². The Balaban J connectivity index is 3.20. The van der Waals surface area contributed by atoms with Crippen molar-refractivity contribution in [3.05, 3.63) is 34.9 Å². The first kappa shape index (κ1) is 13.2. The van der Waals surface area contributed by atoms with Gasteiger partial charge in [0.1, 0.15) is 0 Å². The largest absolute Gasteiger partial charge is 0.373 e. The Kier molecular flexibility index (Phi) is 3.42. The molecule has 16 heavy (non-hydrogen) atoms. The Labute approximate surface area is 91.8 Å². The summed E-state index contributed by atoms with van der Waals surface area (Å²) in [6, 6.07) is 3.29. The average molecular weight is 263 g/mol. The molecule has 0 aliphatic carbocycles. The van der Waals surface area contributed by atoms with E-state index in [4.69, 9.17) is 11.6 Å². The molecule has 0 bridgehead atoms. The lowest BCUT2D eigenvalue weighted by molar-refractivity contribution is -0.270.